The highest BCUT2D eigenvalue weighted by molar-refractivity contribution is 6.08. The summed E-state index contributed by atoms with van der Waals surface area (Å²) in [6, 6.07) is 27.8. The third-order valence-corrected chi connectivity index (χ3v) is 5.44. The van der Waals surface area contributed by atoms with E-state index >= 15 is 0 Å². The molecule has 154 valence electrons. The number of hydrogen-bond acceptors (Lipinski definition) is 4. The van der Waals surface area contributed by atoms with E-state index in [-0.39, 0.29) is 5.91 Å². The first-order valence-corrected chi connectivity index (χ1v) is 10.5. The molecule has 5 heteroatoms. The van der Waals surface area contributed by atoms with Crippen molar-refractivity contribution in [2.24, 2.45) is 0 Å². The Hall–Kier alpha value is -3.31. The summed E-state index contributed by atoms with van der Waals surface area (Å²) in [7, 11) is 0. The predicted octanol–water partition coefficient (Wildman–Crippen LogP) is 4.17. The van der Waals surface area contributed by atoms with E-state index in [0.29, 0.717) is 5.56 Å². The first-order chi connectivity index (χ1) is 14.8. The molecule has 0 aromatic heterocycles. The van der Waals surface area contributed by atoms with Crippen LogP contribution in [0.15, 0.2) is 84.9 Å². The summed E-state index contributed by atoms with van der Waals surface area (Å²) in [6.45, 7) is 5.94. The maximum absolute atomic E-state index is 12.7. The molecule has 1 amide bonds. The number of carbonyl (C=O) groups excluding carboxylic acids is 1. The van der Waals surface area contributed by atoms with Crippen molar-refractivity contribution in [1.29, 1.82) is 0 Å². The lowest BCUT2D eigenvalue weighted by molar-refractivity contribution is 0.102. The molecule has 1 aliphatic rings. The number of rotatable bonds is 7. The Morgan fingerprint density at radius 3 is 2.13 bits per heavy atom. The van der Waals surface area contributed by atoms with Gasteiger partial charge in [-0.1, -0.05) is 48.5 Å². The van der Waals surface area contributed by atoms with Gasteiger partial charge in [-0.15, -0.1) is 0 Å². The fraction of sp³-hybridized carbons (Fsp3) is 0.240. The second kappa shape index (κ2) is 9.94. The first kappa shape index (κ1) is 20.0. The molecule has 1 heterocycles. The Bertz CT molecular complexity index is 938. The summed E-state index contributed by atoms with van der Waals surface area (Å²) in [6.07, 6.45) is 0. The summed E-state index contributed by atoms with van der Waals surface area (Å²) in [4.78, 5) is 17.6. The van der Waals surface area contributed by atoms with Crippen molar-refractivity contribution < 1.29 is 4.79 Å². The van der Waals surface area contributed by atoms with Crippen LogP contribution in [0.3, 0.4) is 0 Å². The van der Waals surface area contributed by atoms with Crippen molar-refractivity contribution in [3.63, 3.8) is 0 Å². The van der Waals surface area contributed by atoms with Gasteiger partial charge in [-0.3, -0.25) is 9.69 Å². The third kappa shape index (κ3) is 5.19. The zero-order valence-electron chi connectivity index (χ0n) is 17.1. The van der Waals surface area contributed by atoms with Crippen molar-refractivity contribution in [1.82, 2.24) is 4.90 Å². The van der Waals surface area contributed by atoms with Crippen molar-refractivity contribution >= 4 is 23.0 Å². The van der Waals surface area contributed by atoms with Crippen molar-refractivity contribution in [3.8, 4) is 0 Å². The van der Waals surface area contributed by atoms with Gasteiger partial charge in [0.15, 0.2) is 0 Å². The molecule has 30 heavy (non-hydrogen) atoms. The van der Waals surface area contributed by atoms with Gasteiger partial charge in [0.1, 0.15) is 0 Å². The summed E-state index contributed by atoms with van der Waals surface area (Å²) >= 11 is 0. The van der Waals surface area contributed by atoms with Crippen LogP contribution in [-0.4, -0.2) is 50.1 Å². The van der Waals surface area contributed by atoms with Crippen LogP contribution < -0.4 is 15.5 Å². The van der Waals surface area contributed by atoms with Gasteiger partial charge in [0.25, 0.3) is 5.91 Å². The van der Waals surface area contributed by atoms with Gasteiger partial charge in [0.2, 0.25) is 0 Å². The fourth-order valence-corrected chi connectivity index (χ4v) is 3.77. The number of benzene rings is 3. The molecule has 1 aliphatic heterocycles. The molecule has 4 rings (SSSR count). The van der Waals surface area contributed by atoms with Gasteiger partial charge in [-0.25, -0.2) is 0 Å². The number of nitrogens with zero attached hydrogens (tertiary/aromatic N) is 2. The number of para-hydroxylation sites is 3. The summed E-state index contributed by atoms with van der Waals surface area (Å²) in [5.41, 5.74) is 3.63. The van der Waals surface area contributed by atoms with Gasteiger partial charge >= 0.3 is 0 Å². The van der Waals surface area contributed by atoms with E-state index in [0.717, 1.165) is 50.6 Å². The maximum atomic E-state index is 12.7. The highest BCUT2D eigenvalue weighted by Gasteiger charge is 2.17. The lowest BCUT2D eigenvalue weighted by atomic mass is 10.1. The molecule has 0 aliphatic carbocycles. The molecule has 0 unspecified atom stereocenters. The molecule has 2 N–H and O–H groups in total. The van der Waals surface area contributed by atoms with Crippen molar-refractivity contribution in [2.75, 3.05) is 54.8 Å². The van der Waals surface area contributed by atoms with E-state index in [9.17, 15) is 4.79 Å². The van der Waals surface area contributed by atoms with Gasteiger partial charge in [0.05, 0.1) is 5.56 Å². The second-order valence-electron chi connectivity index (χ2n) is 7.46. The standard InChI is InChI=1S/C25H28N4O/c30-25(27-21-9-3-1-4-10-21)23-13-7-8-14-24(23)26-15-16-28-17-19-29(20-18-28)22-11-5-2-6-12-22/h1-14,26H,15-20H2,(H,27,30). The van der Waals surface area contributed by atoms with Crippen LogP contribution in [0.5, 0.6) is 0 Å². The molecule has 5 nitrogen and oxygen atoms in total. The molecule has 3 aromatic carbocycles. The number of amides is 1. The zero-order valence-corrected chi connectivity index (χ0v) is 17.1. The predicted molar refractivity (Wildman–Crippen MR) is 124 cm³/mol. The minimum atomic E-state index is -0.0965. The summed E-state index contributed by atoms with van der Waals surface area (Å²) in [5, 5.41) is 6.42. The van der Waals surface area contributed by atoms with E-state index in [2.05, 4.69) is 50.8 Å². The smallest absolute Gasteiger partial charge is 0.257 e. The Morgan fingerprint density at radius 2 is 1.40 bits per heavy atom. The Morgan fingerprint density at radius 1 is 0.767 bits per heavy atom. The lowest BCUT2D eigenvalue weighted by Crippen LogP contribution is -2.47. The van der Waals surface area contributed by atoms with Gasteiger partial charge < -0.3 is 15.5 Å². The number of nitrogens with one attached hydrogen (secondary N) is 2. The quantitative estimate of drug-likeness (QED) is 0.625. The first-order valence-electron chi connectivity index (χ1n) is 10.5. The molecule has 1 saturated heterocycles. The van der Waals surface area contributed by atoms with Crippen LogP contribution in [0, 0.1) is 0 Å². The van der Waals surface area contributed by atoms with Crippen LogP contribution in [0.4, 0.5) is 17.1 Å². The third-order valence-electron chi connectivity index (χ3n) is 5.44. The number of anilines is 3. The van der Waals surface area contributed by atoms with Gasteiger partial charge in [-0.2, -0.15) is 0 Å². The zero-order chi connectivity index (χ0) is 20.6. The van der Waals surface area contributed by atoms with Crippen LogP contribution >= 0.6 is 0 Å². The molecule has 0 spiro atoms. The molecular weight excluding hydrogens is 372 g/mol. The molecular formula is C25H28N4O. The summed E-state index contributed by atoms with van der Waals surface area (Å²) in [5.74, 6) is -0.0965. The highest BCUT2D eigenvalue weighted by atomic mass is 16.1. The SMILES string of the molecule is O=C(Nc1ccccc1)c1ccccc1NCCN1CCN(c2ccccc2)CC1. The monoisotopic (exact) mass is 400 g/mol. The number of piperazine rings is 1. The van der Waals surface area contributed by atoms with E-state index in [1.54, 1.807) is 0 Å². The maximum Gasteiger partial charge on any atom is 0.257 e. The normalized spacial score (nSPS) is 14.3. The van der Waals surface area contributed by atoms with Gasteiger partial charge in [0, 0.05) is 56.3 Å². The fourth-order valence-electron chi connectivity index (χ4n) is 3.77. The number of hydrogen-bond donors (Lipinski definition) is 2. The Kier molecular flexibility index (Phi) is 6.62. The van der Waals surface area contributed by atoms with Crippen molar-refractivity contribution in [3.05, 3.63) is 90.5 Å². The average Bonchev–Trinajstić information content (AvgIpc) is 2.81. The average molecular weight is 401 g/mol. The Labute approximate surface area is 178 Å². The van der Waals surface area contributed by atoms with E-state index in [1.165, 1.54) is 5.69 Å². The van der Waals surface area contributed by atoms with Crippen LogP contribution in [-0.2, 0) is 0 Å². The molecule has 0 radical (unpaired) electrons. The topological polar surface area (TPSA) is 47.6 Å². The van der Waals surface area contributed by atoms with Crippen LogP contribution in [0.2, 0.25) is 0 Å². The largest absolute Gasteiger partial charge is 0.383 e. The van der Waals surface area contributed by atoms with E-state index < -0.39 is 0 Å². The van der Waals surface area contributed by atoms with E-state index in [4.69, 9.17) is 0 Å². The van der Waals surface area contributed by atoms with Crippen molar-refractivity contribution in [2.45, 2.75) is 0 Å². The molecule has 0 bridgehead atoms. The minimum Gasteiger partial charge on any atom is -0.383 e. The van der Waals surface area contributed by atoms with Gasteiger partial charge in [-0.05, 0) is 36.4 Å². The Balaban J connectivity index is 1.27. The van der Waals surface area contributed by atoms with E-state index in [1.807, 2.05) is 54.6 Å². The number of carbonyl (C=O) groups is 1. The van der Waals surface area contributed by atoms with Crippen LogP contribution in [0.25, 0.3) is 0 Å². The molecule has 0 atom stereocenters. The summed E-state index contributed by atoms with van der Waals surface area (Å²) < 4.78 is 0. The van der Waals surface area contributed by atoms with Crippen LogP contribution in [0.1, 0.15) is 10.4 Å². The lowest BCUT2D eigenvalue weighted by Gasteiger charge is -2.36. The molecule has 3 aromatic rings. The second-order valence-corrected chi connectivity index (χ2v) is 7.46. The highest BCUT2D eigenvalue weighted by Crippen LogP contribution is 2.18. The molecule has 0 saturated carbocycles. The molecule has 1 fully saturated rings. The minimum absolute atomic E-state index is 0.0965.